The van der Waals surface area contributed by atoms with E-state index in [2.05, 4.69) is 34.4 Å². The van der Waals surface area contributed by atoms with Crippen LogP contribution in [0.15, 0.2) is 118 Å². The van der Waals surface area contributed by atoms with Crippen LogP contribution in [-0.4, -0.2) is 35.8 Å². The number of rotatable bonds is 14. The molecule has 4 N–H and O–H groups in total. The van der Waals surface area contributed by atoms with Gasteiger partial charge in [-0.2, -0.15) is 0 Å². The van der Waals surface area contributed by atoms with Gasteiger partial charge in [0.05, 0.1) is 17.1 Å². The van der Waals surface area contributed by atoms with E-state index in [0.717, 1.165) is 54.2 Å². The summed E-state index contributed by atoms with van der Waals surface area (Å²) >= 11 is 2.60. The maximum atomic E-state index is 13.6. The molecule has 0 radical (unpaired) electrons. The first-order valence-corrected chi connectivity index (χ1v) is 21.9. The highest BCUT2D eigenvalue weighted by molar-refractivity contribution is 8.13. The number of nitrogens with one attached hydrogen (secondary N) is 2. The van der Waals surface area contributed by atoms with Gasteiger partial charge in [0.25, 0.3) is 5.91 Å². The molecule has 0 fully saturated rings. The number of hydrogen-bond acceptors (Lipinski definition) is 10. The quantitative estimate of drug-likeness (QED) is 0.0607. The fourth-order valence-corrected chi connectivity index (χ4v) is 9.03. The number of phosphoric acid groups is 1. The smallest absolute Gasteiger partial charge is 0.404 e. The Morgan fingerprint density at radius 1 is 0.879 bits per heavy atom. The Kier molecular flexibility index (Phi) is 13.1. The molecule has 14 heteroatoms. The SMILES string of the molecule is Cc1cc(C)c(C(C)(C)CC(=O)Sc2ccc(Sc3ccc(C(=O)NC(C)c4ccccc4)cc3Nc3ncnc4nc(C(C)C)ccc34)cc2)c(OP(=O)(O)O)c1. The third-order valence-corrected chi connectivity index (χ3v) is 11.9. The Balaban J connectivity index is 1.23. The monoisotopic (exact) mass is 835 g/mol. The highest BCUT2D eigenvalue weighted by Gasteiger charge is 2.32. The molecule has 2 aromatic heterocycles. The molecule has 1 atom stereocenters. The molecule has 58 heavy (non-hydrogen) atoms. The van der Waals surface area contributed by atoms with Crippen LogP contribution in [0.5, 0.6) is 5.75 Å². The van der Waals surface area contributed by atoms with Crippen molar-refractivity contribution in [2.45, 2.75) is 86.9 Å². The summed E-state index contributed by atoms with van der Waals surface area (Å²) in [6.07, 6.45) is 1.57. The van der Waals surface area contributed by atoms with Gasteiger partial charge in [-0.15, -0.1) is 0 Å². The van der Waals surface area contributed by atoms with Crippen molar-refractivity contribution in [3.05, 3.63) is 137 Å². The van der Waals surface area contributed by atoms with E-state index in [1.54, 1.807) is 12.1 Å². The summed E-state index contributed by atoms with van der Waals surface area (Å²) in [6, 6.07) is 30.2. The van der Waals surface area contributed by atoms with Crippen molar-refractivity contribution < 1.29 is 28.5 Å². The minimum atomic E-state index is -4.82. The fourth-order valence-electron chi connectivity index (χ4n) is 6.78. The number of carbonyl (C=O) groups excluding carboxylic acids is 2. The second-order valence-electron chi connectivity index (χ2n) is 15.1. The number of anilines is 2. The molecule has 6 rings (SSSR count). The minimum absolute atomic E-state index is 0.0732. The summed E-state index contributed by atoms with van der Waals surface area (Å²) < 4.78 is 16.9. The normalized spacial score (nSPS) is 12.4. The van der Waals surface area contributed by atoms with Crippen LogP contribution >= 0.6 is 31.3 Å². The molecule has 0 bridgehead atoms. The highest BCUT2D eigenvalue weighted by Crippen LogP contribution is 2.46. The van der Waals surface area contributed by atoms with Gasteiger partial charge in [0.15, 0.2) is 10.8 Å². The van der Waals surface area contributed by atoms with Crippen molar-refractivity contribution >= 4 is 64.9 Å². The Bertz CT molecular complexity index is 2510. The number of thioether (sulfide) groups is 1. The van der Waals surface area contributed by atoms with E-state index in [9.17, 15) is 23.9 Å². The first kappa shape index (κ1) is 42.6. The number of benzene rings is 4. The van der Waals surface area contributed by atoms with E-state index in [0.29, 0.717) is 28.3 Å². The number of amides is 1. The highest BCUT2D eigenvalue weighted by atomic mass is 32.2. The topological polar surface area (TPSA) is 164 Å². The maximum Gasteiger partial charge on any atom is 0.524 e. The third kappa shape index (κ3) is 10.7. The summed E-state index contributed by atoms with van der Waals surface area (Å²) in [6.45, 7) is 13.5. The van der Waals surface area contributed by atoms with Gasteiger partial charge >= 0.3 is 7.82 Å². The van der Waals surface area contributed by atoms with E-state index in [-0.39, 0.29) is 35.2 Å². The van der Waals surface area contributed by atoms with E-state index in [1.807, 2.05) is 120 Å². The lowest BCUT2D eigenvalue weighted by Gasteiger charge is -2.29. The van der Waals surface area contributed by atoms with Gasteiger partial charge in [-0.1, -0.05) is 87.6 Å². The van der Waals surface area contributed by atoms with Crippen LogP contribution in [0.25, 0.3) is 11.0 Å². The summed E-state index contributed by atoms with van der Waals surface area (Å²) in [5, 5.41) is 7.21. The average Bonchev–Trinajstić information content (AvgIpc) is 3.15. The van der Waals surface area contributed by atoms with Gasteiger partial charge in [0.2, 0.25) is 0 Å². The first-order chi connectivity index (χ1) is 27.5. The molecular weight excluding hydrogens is 790 g/mol. The molecule has 1 amide bonds. The van der Waals surface area contributed by atoms with Gasteiger partial charge in [-0.25, -0.2) is 19.5 Å². The number of nitrogens with zero attached hydrogens (tertiary/aromatic N) is 3. The Morgan fingerprint density at radius 2 is 1.59 bits per heavy atom. The lowest BCUT2D eigenvalue weighted by Crippen LogP contribution is -2.26. The van der Waals surface area contributed by atoms with Crippen LogP contribution in [0.2, 0.25) is 0 Å². The molecule has 1 unspecified atom stereocenters. The van der Waals surface area contributed by atoms with Gasteiger partial charge in [0, 0.05) is 43.3 Å². The molecule has 4 aromatic carbocycles. The molecule has 0 aliphatic heterocycles. The second-order valence-corrected chi connectivity index (χ2v) is 18.5. The predicted octanol–water partition coefficient (Wildman–Crippen LogP) is 10.6. The number of fused-ring (bicyclic) bond motifs is 1. The zero-order valence-electron chi connectivity index (χ0n) is 33.3. The van der Waals surface area contributed by atoms with Gasteiger partial charge < -0.3 is 15.2 Å². The van der Waals surface area contributed by atoms with Crippen molar-refractivity contribution in [2.75, 3.05) is 5.32 Å². The molecule has 6 aromatic rings. The molecule has 0 spiro atoms. The van der Waals surface area contributed by atoms with Gasteiger partial charge in [-0.05, 0) is 104 Å². The van der Waals surface area contributed by atoms with Crippen LogP contribution in [0.1, 0.15) is 91.3 Å². The second kappa shape index (κ2) is 17.8. The lowest BCUT2D eigenvalue weighted by atomic mass is 9.78. The van der Waals surface area contributed by atoms with Crippen molar-refractivity contribution in [1.82, 2.24) is 20.3 Å². The fraction of sp³-hybridized carbons (Fsp3) is 0.250. The van der Waals surface area contributed by atoms with Crippen LogP contribution in [0.3, 0.4) is 0 Å². The third-order valence-electron chi connectivity index (χ3n) is 9.46. The molecule has 300 valence electrons. The minimum Gasteiger partial charge on any atom is -0.404 e. The molecular formula is C44H46N5O6PS2. The predicted molar refractivity (Wildman–Crippen MR) is 231 cm³/mol. The molecule has 0 saturated heterocycles. The zero-order chi connectivity index (χ0) is 41.8. The van der Waals surface area contributed by atoms with Crippen LogP contribution in [0.4, 0.5) is 11.5 Å². The summed E-state index contributed by atoms with van der Waals surface area (Å²) in [5.74, 6) is 0.642. The van der Waals surface area contributed by atoms with Crippen molar-refractivity contribution in [2.24, 2.45) is 0 Å². The van der Waals surface area contributed by atoms with Gasteiger partial charge in [0.1, 0.15) is 17.9 Å². The van der Waals surface area contributed by atoms with E-state index >= 15 is 0 Å². The Hall–Kier alpha value is -5.04. The molecule has 0 saturated carbocycles. The molecule has 11 nitrogen and oxygen atoms in total. The number of carbonyl (C=O) groups is 2. The molecule has 0 aliphatic rings. The first-order valence-electron chi connectivity index (χ1n) is 18.7. The summed E-state index contributed by atoms with van der Waals surface area (Å²) in [7, 11) is -4.82. The number of hydrogen-bond donors (Lipinski definition) is 4. The number of aryl methyl sites for hydroxylation is 2. The van der Waals surface area contributed by atoms with Crippen LogP contribution in [0, 0.1) is 13.8 Å². The number of phosphoric ester groups is 1. The van der Waals surface area contributed by atoms with Gasteiger partial charge in [-0.3, -0.25) is 19.4 Å². The standard InChI is InChI=1S/C44H46N5O6PS2/c1-26(2)35-19-18-34-41(48-35)45-25-46-42(34)49-36-23-31(43(51)47-29(5)30-11-9-8-10-12-30)13-20-38(36)57-32-14-16-33(17-15-32)58-39(50)24-44(6,7)40-28(4)21-27(3)22-37(40)55-56(52,53)54/h8-23,25-26,29H,24H2,1-7H3,(H,47,51)(H2,52,53,54)(H,45,46,48,49). The Morgan fingerprint density at radius 3 is 2.28 bits per heavy atom. The van der Waals surface area contributed by atoms with Crippen molar-refractivity contribution in [3.8, 4) is 5.75 Å². The van der Waals surface area contributed by atoms with Crippen molar-refractivity contribution in [3.63, 3.8) is 0 Å². The van der Waals surface area contributed by atoms with E-state index in [4.69, 9.17) is 9.51 Å². The number of aromatic nitrogens is 3. The summed E-state index contributed by atoms with van der Waals surface area (Å²) in [5.41, 5.74) is 5.00. The van der Waals surface area contributed by atoms with Crippen LogP contribution < -0.4 is 15.2 Å². The van der Waals surface area contributed by atoms with Crippen molar-refractivity contribution in [1.29, 1.82) is 0 Å². The largest absolute Gasteiger partial charge is 0.524 e. The Labute approximate surface area is 347 Å². The van der Waals surface area contributed by atoms with E-state index in [1.165, 1.54) is 18.1 Å². The maximum absolute atomic E-state index is 13.6. The lowest BCUT2D eigenvalue weighted by molar-refractivity contribution is -0.111. The van der Waals surface area contributed by atoms with E-state index < -0.39 is 13.2 Å². The average molecular weight is 836 g/mol. The zero-order valence-corrected chi connectivity index (χ0v) is 35.8. The molecule has 2 heterocycles. The number of pyridine rings is 1. The van der Waals surface area contributed by atoms with Crippen LogP contribution in [-0.2, 0) is 14.8 Å². The summed E-state index contributed by atoms with van der Waals surface area (Å²) in [4.78, 5) is 62.4. The molecule has 0 aliphatic carbocycles.